The van der Waals surface area contributed by atoms with Crippen molar-refractivity contribution in [3.05, 3.63) is 42.7 Å². The number of aromatic nitrogens is 2. The fourth-order valence-electron chi connectivity index (χ4n) is 3.29. The topological polar surface area (TPSA) is 29.9 Å². The monoisotopic (exact) mass is 269 g/mol. The molecule has 20 heavy (non-hydrogen) atoms. The minimum atomic E-state index is 0.597. The Bertz CT molecular complexity index is 520. The molecule has 3 nitrogen and oxygen atoms in total. The summed E-state index contributed by atoms with van der Waals surface area (Å²) < 4.78 is 1.88. The van der Waals surface area contributed by atoms with Crippen molar-refractivity contribution in [1.82, 2.24) is 9.78 Å². The molecule has 1 aromatic carbocycles. The summed E-state index contributed by atoms with van der Waals surface area (Å²) in [5.41, 5.74) is 2.32. The lowest BCUT2D eigenvalue weighted by atomic mass is 9.78. The first-order valence-corrected chi connectivity index (χ1v) is 7.60. The minimum Gasteiger partial charge on any atom is -0.382 e. The Hall–Kier alpha value is -1.77. The fourth-order valence-corrected chi connectivity index (χ4v) is 3.29. The van der Waals surface area contributed by atoms with E-state index in [9.17, 15) is 0 Å². The van der Waals surface area contributed by atoms with E-state index in [1.54, 1.807) is 6.20 Å². The number of benzene rings is 1. The van der Waals surface area contributed by atoms with Crippen LogP contribution in [-0.2, 0) is 0 Å². The van der Waals surface area contributed by atoms with Crippen LogP contribution in [-0.4, -0.2) is 15.8 Å². The van der Waals surface area contributed by atoms with Crippen LogP contribution in [0.3, 0.4) is 0 Å². The van der Waals surface area contributed by atoms with Gasteiger partial charge in [0.05, 0.1) is 5.69 Å². The molecule has 2 unspecified atom stereocenters. The maximum absolute atomic E-state index is 4.25. The second-order valence-electron chi connectivity index (χ2n) is 6.05. The Balaban J connectivity index is 1.71. The minimum absolute atomic E-state index is 0.597. The van der Waals surface area contributed by atoms with E-state index in [0.717, 1.165) is 17.5 Å². The van der Waals surface area contributed by atoms with E-state index in [1.807, 2.05) is 16.9 Å². The zero-order valence-corrected chi connectivity index (χ0v) is 12.3. The molecule has 0 saturated heterocycles. The summed E-state index contributed by atoms with van der Waals surface area (Å²) in [6, 6.07) is 11.1. The molecule has 1 aliphatic carbocycles. The van der Waals surface area contributed by atoms with Gasteiger partial charge in [0.2, 0.25) is 0 Å². The van der Waals surface area contributed by atoms with Crippen LogP contribution in [0.15, 0.2) is 42.7 Å². The van der Waals surface area contributed by atoms with E-state index in [1.165, 1.54) is 24.9 Å². The van der Waals surface area contributed by atoms with Gasteiger partial charge in [-0.15, -0.1) is 0 Å². The molecule has 1 aliphatic rings. The molecule has 3 rings (SSSR count). The number of hydrogen-bond acceptors (Lipinski definition) is 2. The summed E-state index contributed by atoms with van der Waals surface area (Å²) in [5, 5.41) is 7.98. The molecule has 0 aliphatic heterocycles. The predicted octanol–water partition coefficient (Wildman–Crippen LogP) is 4.11. The summed E-state index contributed by atoms with van der Waals surface area (Å²) in [6.45, 7) is 4.73. The molecule has 1 N–H and O–H groups in total. The van der Waals surface area contributed by atoms with E-state index in [2.05, 4.69) is 48.5 Å². The molecule has 2 aromatic rings. The van der Waals surface area contributed by atoms with Gasteiger partial charge in [-0.2, -0.15) is 5.10 Å². The molecule has 1 heterocycles. The van der Waals surface area contributed by atoms with Gasteiger partial charge < -0.3 is 5.32 Å². The molecule has 106 valence electrons. The molecule has 1 aromatic heterocycles. The lowest BCUT2D eigenvalue weighted by molar-refractivity contribution is 0.268. The zero-order valence-electron chi connectivity index (χ0n) is 12.3. The third-order valence-electron chi connectivity index (χ3n) is 4.51. The highest BCUT2D eigenvalue weighted by atomic mass is 15.3. The zero-order chi connectivity index (χ0) is 13.9. The van der Waals surface area contributed by atoms with Crippen LogP contribution in [0.5, 0.6) is 0 Å². The lowest BCUT2D eigenvalue weighted by Crippen LogP contribution is -2.37. The summed E-state index contributed by atoms with van der Waals surface area (Å²) >= 11 is 0. The van der Waals surface area contributed by atoms with Gasteiger partial charge in [-0.3, -0.25) is 0 Å². The van der Waals surface area contributed by atoms with Gasteiger partial charge >= 0.3 is 0 Å². The number of anilines is 1. The summed E-state index contributed by atoms with van der Waals surface area (Å²) in [5.74, 6) is 1.51. The number of nitrogens with one attached hydrogen (secondary N) is 1. The van der Waals surface area contributed by atoms with Crippen LogP contribution in [0.4, 0.5) is 5.69 Å². The van der Waals surface area contributed by atoms with Gasteiger partial charge in [-0.25, -0.2) is 4.68 Å². The third-order valence-corrected chi connectivity index (χ3v) is 4.51. The van der Waals surface area contributed by atoms with E-state index in [-0.39, 0.29) is 0 Å². The van der Waals surface area contributed by atoms with Crippen molar-refractivity contribution < 1.29 is 0 Å². The summed E-state index contributed by atoms with van der Waals surface area (Å²) in [4.78, 5) is 0. The second-order valence-corrected chi connectivity index (χ2v) is 6.05. The van der Waals surface area contributed by atoms with Crippen molar-refractivity contribution in [3.8, 4) is 5.69 Å². The Morgan fingerprint density at radius 1 is 1.10 bits per heavy atom. The Morgan fingerprint density at radius 3 is 2.40 bits per heavy atom. The molecule has 1 saturated carbocycles. The van der Waals surface area contributed by atoms with Crippen LogP contribution >= 0.6 is 0 Å². The van der Waals surface area contributed by atoms with Crippen molar-refractivity contribution in [2.24, 2.45) is 11.8 Å². The average molecular weight is 269 g/mol. The Kier molecular flexibility index (Phi) is 3.77. The Labute approximate surface area is 121 Å². The molecule has 3 heteroatoms. The first-order valence-electron chi connectivity index (χ1n) is 7.60. The Morgan fingerprint density at radius 2 is 1.80 bits per heavy atom. The third kappa shape index (κ3) is 2.72. The molecular weight excluding hydrogens is 246 g/mol. The van der Waals surface area contributed by atoms with Gasteiger partial charge in [0.25, 0.3) is 0 Å². The standard InChI is InChI=1S/C17H23N3/c1-13-5-3-6-14(2)17(13)19-15-7-9-16(10-8-15)20-12-4-11-18-20/h4,7-14,17,19H,3,5-6H2,1-2H3. The predicted molar refractivity (Wildman–Crippen MR) is 83.2 cm³/mol. The highest BCUT2D eigenvalue weighted by Crippen LogP contribution is 2.31. The van der Waals surface area contributed by atoms with Crippen molar-refractivity contribution in [2.75, 3.05) is 5.32 Å². The molecule has 0 bridgehead atoms. The van der Waals surface area contributed by atoms with Crippen molar-refractivity contribution in [2.45, 2.75) is 39.2 Å². The molecule has 0 spiro atoms. The molecule has 2 atom stereocenters. The summed E-state index contributed by atoms with van der Waals surface area (Å²) in [7, 11) is 0. The van der Waals surface area contributed by atoms with Gasteiger partial charge in [0, 0.05) is 24.1 Å². The summed E-state index contributed by atoms with van der Waals surface area (Å²) in [6.07, 6.45) is 7.82. The first kappa shape index (κ1) is 13.2. The maximum atomic E-state index is 4.25. The fraction of sp³-hybridized carbons (Fsp3) is 0.471. The normalized spacial score (nSPS) is 26.4. The molecule has 1 fully saturated rings. The van der Waals surface area contributed by atoms with E-state index in [4.69, 9.17) is 0 Å². The largest absolute Gasteiger partial charge is 0.382 e. The number of hydrogen-bond donors (Lipinski definition) is 1. The second kappa shape index (κ2) is 5.70. The molecule has 0 radical (unpaired) electrons. The average Bonchev–Trinajstić information content (AvgIpc) is 2.98. The smallest absolute Gasteiger partial charge is 0.0647 e. The lowest BCUT2D eigenvalue weighted by Gasteiger charge is -2.35. The van der Waals surface area contributed by atoms with Crippen LogP contribution < -0.4 is 5.32 Å². The van der Waals surface area contributed by atoms with Crippen molar-refractivity contribution >= 4 is 5.69 Å². The van der Waals surface area contributed by atoms with Crippen LogP contribution in [0.25, 0.3) is 5.69 Å². The quantitative estimate of drug-likeness (QED) is 0.908. The van der Waals surface area contributed by atoms with Crippen molar-refractivity contribution in [1.29, 1.82) is 0 Å². The van der Waals surface area contributed by atoms with Crippen molar-refractivity contribution in [3.63, 3.8) is 0 Å². The SMILES string of the molecule is CC1CCCC(C)C1Nc1ccc(-n2cccn2)cc1. The highest BCUT2D eigenvalue weighted by molar-refractivity contribution is 5.49. The van der Waals surface area contributed by atoms with E-state index in [0.29, 0.717) is 6.04 Å². The van der Waals surface area contributed by atoms with Crippen LogP contribution in [0.1, 0.15) is 33.1 Å². The van der Waals surface area contributed by atoms with Crippen LogP contribution in [0.2, 0.25) is 0 Å². The van der Waals surface area contributed by atoms with Crippen LogP contribution in [0, 0.1) is 11.8 Å². The number of nitrogens with zero attached hydrogens (tertiary/aromatic N) is 2. The molecule has 0 amide bonds. The van der Waals surface area contributed by atoms with Gasteiger partial charge in [-0.1, -0.05) is 20.3 Å². The maximum Gasteiger partial charge on any atom is 0.0647 e. The van der Waals surface area contributed by atoms with E-state index < -0.39 is 0 Å². The van der Waals surface area contributed by atoms with E-state index >= 15 is 0 Å². The highest BCUT2D eigenvalue weighted by Gasteiger charge is 2.27. The first-order chi connectivity index (χ1) is 9.74. The van der Waals surface area contributed by atoms with Gasteiger partial charge in [0.1, 0.15) is 0 Å². The number of rotatable bonds is 3. The van der Waals surface area contributed by atoms with Gasteiger partial charge in [-0.05, 0) is 55.0 Å². The molecular formula is C17H23N3. The van der Waals surface area contributed by atoms with Gasteiger partial charge in [0.15, 0.2) is 0 Å².